The summed E-state index contributed by atoms with van der Waals surface area (Å²) in [6.45, 7) is 4.57. The first-order valence-corrected chi connectivity index (χ1v) is 11.4. The number of morpholine rings is 1. The molecule has 1 saturated heterocycles. The van der Waals surface area contributed by atoms with Crippen molar-refractivity contribution in [1.82, 2.24) is 14.5 Å². The summed E-state index contributed by atoms with van der Waals surface area (Å²) in [4.78, 5) is 24.0. The predicted octanol–water partition coefficient (Wildman–Crippen LogP) is 4.59. The minimum atomic E-state index is -0.723. The van der Waals surface area contributed by atoms with Crippen LogP contribution in [-0.4, -0.2) is 40.8 Å². The lowest BCUT2D eigenvalue weighted by atomic mass is 10.1. The Labute approximate surface area is 190 Å². The van der Waals surface area contributed by atoms with Crippen LogP contribution in [0, 0.1) is 12.7 Å². The van der Waals surface area contributed by atoms with E-state index >= 15 is 0 Å². The number of hydrogen-bond acceptors (Lipinski definition) is 6. The van der Waals surface area contributed by atoms with Gasteiger partial charge in [-0.2, -0.15) is 4.98 Å². The molecular formula is C23H25ClFN5O2. The van der Waals surface area contributed by atoms with Gasteiger partial charge in [0.05, 0.1) is 23.9 Å². The van der Waals surface area contributed by atoms with Gasteiger partial charge in [0, 0.05) is 42.0 Å². The minimum Gasteiger partial charge on any atom is -0.378 e. The molecule has 1 aliphatic carbocycles. The number of nitrogens with zero attached hydrogens (tertiary/aromatic N) is 4. The number of ether oxygens (including phenoxy) is 1. The van der Waals surface area contributed by atoms with Crippen LogP contribution < -0.4 is 15.8 Å². The van der Waals surface area contributed by atoms with Gasteiger partial charge in [-0.05, 0) is 38.0 Å². The second-order valence-corrected chi connectivity index (χ2v) is 8.78. The largest absolute Gasteiger partial charge is 0.378 e. The maximum atomic E-state index is 14.6. The van der Waals surface area contributed by atoms with E-state index in [0.717, 1.165) is 50.1 Å². The van der Waals surface area contributed by atoms with Crippen molar-refractivity contribution in [3.63, 3.8) is 0 Å². The van der Waals surface area contributed by atoms with E-state index in [0.29, 0.717) is 35.2 Å². The Morgan fingerprint density at radius 2 is 1.97 bits per heavy atom. The molecule has 0 radical (unpaired) electrons. The number of anilines is 3. The molecule has 2 aromatic heterocycles. The summed E-state index contributed by atoms with van der Waals surface area (Å²) >= 11 is 6.54. The Hall–Kier alpha value is -2.71. The summed E-state index contributed by atoms with van der Waals surface area (Å²) in [7, 11) is 0. The molecule has 168 valence electrons. The topological polar surface area (TPSA) is 72.3 Å². The molecule has 1 N–H and O–H groups in total. The molecule has 0 unspecified atom stereocenters. The van der Waals surface area contributed by atoms with Crippen molar-refractivity contribution in [3.8, 4) is 0 Å². The smallest absolute Gasteiger partial charge is 0.288 e. The Bertz CT molecular complexity index is 1220. The predicted molar refractivity (Wildman–Crippen MR) is 124 cm³/mol. The number of aryl methyl sites for hydroxylation is 1. The van der Waals surface area contributed by atoms with E-state index in [-0.39, 0.29) is 11.6 Å². The molecule has 1 aliphatic heterocycles. The number of benzene rings is 1. The molecule has 9 heteroatoms. The van der Waals surface area contributed by atoms with Gasteiger partial charge in [-0.25, -0.2) is 9.37 Å². The molecule has 2 aliphatic rings. The van der Waals surface area contributed by atoms with Crippen LogP contribution in [-0.2, 0) is 4.74 Å². The quantitative estimate of drug-likeness (QED) is 0.618. The minimum absolute atomic E-state index is 0.0369. The second kappa shape index (κ2) is 8.67. The second-order valence-electron chi connectivity index (χ2n) is 8.37. The number of aromatic nitrogens is 3. The summed E-state index contributed by atoms with van der Waals surface area (Å²) in [6, 6.07) is 5.68. The third-order valence-electron chi connectivity index (χ3n) is 6.38. The Kier molecular flexibility index (Phi) is 5.73. The van der Waals surface area contributed by atoms with Crippen molar-refractivity contribution in [2.45, 2.75) is 38.6 Å². The zero-order valence-electron chi connectivity index (χ0n) is 17.9. The highest BCUT2D eigenvalue weighted by Gasteiger charge is 2.24. The highest BCUT2D eigenvalue weighted by atomic mass is 35.5. The average Bonchev–Trinajstić information content (AvgIpc) is 3.33. The summed E-state index contributed by atoms with van der Waals surface area (Å²) < 4.78 is 21.6. The van der Waals surface area contributed by atoms with E-state index in [1.165, 1.54) is 4.57 Å². The summed E-state index contributed by atoms with van der Waals surface area (Å²) in [5, 5.41) is 4.36. The molecule has 5 rings (SSSR count). The molecule has 0 bridgehead atoms. The van der Waals surface area contributed by atoms with Gasteiger partial charge in [0.25, 0.3) is 5.56 Å². The fourth-order valence-electron chi connectivity index (χ4n) is 4.64. The zero-order chi connectivity index (χ0) is 22.2. The van der Waals surface area contributed by atoms with Crippen molar-refractivity contribution >= 4 is 40.0 Å². The maximum Gasteiger partial charge on any atom is 0.288 e. The van der Waals surface area contributed by atoms with Crippen molar-refractivity contribution in [2.75, 3.05) is 36.5 Å². The summed E-state index contributed by atoms with van der Waals surface area (Å²) in [5.41, 5.74) is 1.84. The van der Waals surface area contributed by atoms with Crippen LogP contribution in [0.2, 0.25) is 5.02 Å². The highest BCUT2D eigenvalue weighted by molar-refractivity contribution is 6.33. The van der Waals surface area contributed by atoms with Gasteiger partial charge in [0.2, 0.25) is 5.95 Å². The van der Waals surface area contributed by atoms with Gasteiger partial charge >= 0.3 is 0 Å². The van der Waals surface area contributed by atoms with Crippen LogP contribution in [0.5, 0.6) is 0 Å². The lowest BCUT2D eigenvalue weighted by Crippen LogP contribution is -2.36. The van der Waals surface area contributed by atoms with E-state index in [9.17, 15) is 9.18 Å². The van der Waals surface area contributed by atoms with Gasteiger partial charge in [-0.1, -0.05) is 24.4 Å². The molecule has 2 fully saturated rings. The molecule has 32 heavy (non-hydrogen) atoms. The molecule has 1 aromatic carbocycles. The number of nitrogens with one attached hydrogen (secondary N) is 1. The molecule has 7 nitrogen and oxygen atoms in total. The number of pyridine rings is 1. The van der Waals surface area contributed by atoms with Gasteiger partial charge < -0.3 is 15.0 Å². The SMILES string of the molecule is Cc1c(F)c(=O)n(C2CCCC2)c2nc(Nc3ccc(N4CCOCC4)c(Cl)c3)ncc12. The zero-order valence-corrected chi connectivity index (χ0v) is 18.7. The monoisotopic (exact) mass is 457 g/mol. The Balaban J connectivity index is 1.50. The van der Waals surface area contributed by atoms with E-state index in [1.807, 2.05) is 18.2 Å². The molecule has 3 heterocycles. The van der Waals surface area contributed by atoms with Gasteiger partial charge in [0.1, 0.15) is 5.65 Å². The van der Waals surface area contributed by atoms with Crippen molar-refractivity contribution in [1.29, 1.82) is 0 Å². The molecule has 0 atom stereocenters. The van der Waals surface area contributed by atoms with Crippen LogP contribution in [0.1, 0.15) is 37.3 Å². The molecule has 0 spiro atoms. The van der Waals surface area contributed by atoms with Crippen molar-refractivity contribution in [2.24, 2.45) is 0 Å². The molecule has 0 amide bonds. The van der Waals surface area contributed by atoms with Gasteiger partial charge in [-0.3, -0.25) is 9.36 Å². The molecule has 3 aromatic rings. The average molecular weight is 458 g/mol. The number of fused-ring (bicyclic) bond motifs is 1. The number of halogens is 2. The lowest BCUT2D eigenvalue weighted by molar-refractivity contribution is 0.122. The van der Waals surface area contributed by atoms with E-state index < -0.39 is 11.4 Å². The lowest BCUT2D eigenvalue weighted by Gasteiger charge is -2.29. The first-order valence-electron chi connectivity index (χ1n) is 11.0. The summed E-state index contributed by atoms with van der Waals surface area (Å²) in [5.74, 6) is -0.385. The van der Waals surface area contributed by atoms with Gasteiger partial charge in [-0.15, -0.1) is 0 Å². The van der Waals surface area contributed by atoms with Crippen LogP contribution in [0.3, 0.4) is 0 Å². The first kappa shape index (κ1) is 21.2. The number of rotatable bonds is 4. The number of hydrogen-bond donors (Lipinski definition) is 1. The van der Waals surface area contributed by atoms with Crippen LogP contribution in [0.4, 0.5) is 21.7 Å². The van der Waals surface area contributed by atoms with Crippen LogP contribution in [0.25, 0.3) is 11.0 Å². The van der Waals surface area contributed by atoms with E-state index in [1.54, 1.807) is 13.1 Å². The summed E-state index contributed by atoms with van der Waals surface area (Å²) in [6.07, 6.45) is 5.33. The van der Waals surface area contributed by atoms with Crippen LogP contribution in [0.15, 0.2) is 29.2 Å². The standard InChI is InChI=1S/C23H25ClFN5O2/c1-14-17-13-26-23(28-21(17)30(22(31)20(14)25)16-4-2-3-5-16)27-15-6-7-19(18(24)12-15)29-8-10-32-11-9-29/h6-7,12-13,16H,2-5,8-11H2,1H3,(H,26,27,28). The highest BCUT2D eigenvalue weighted by Crippen LogP contribution is 2.33. The van der Waals surface area contributed by atoms with Gasteiger partial charge in [0.15, 0.2) is 5.82 Å². The maximum absolute atomic E-state index is 14.6. The fourth-order valence-corrected chi connectivity index (χ4v) is 4.94. The Morgan fingerprint density at radius 1 is 1.22 bits per heavy atom. The van der Waals surface area contributed by atoms with E-state index in [4.69, 9.17) is 16.3 Å². The van der Waals surface area contributed by atoms with Crippen molar-refractivity contribution < 1.29 is 9.13 Å². The molecule has 1 saturated carbocycles. The fraction of sp³-hybridized carbons (Fsp3) is 0.435. The normalized spacial score (nSPS) is 17.3. The van der Waals surface area contributed by atoms with Crippen molar-refractivity contribution in [3.05, 3.63) is 51.2 Å². The first-order chi connectivity index (χ1) is 15.5. The third kappa shape index (κ3) is 3.82. The van der Waals surface area contributed by atoms with E-state index in [2.05, 4.69) is 20.2 Å². The third-order valence-corrected chi connectivity index (χ3v) is 6.68. The van der Waals surface area contributed by atoms with Crippen LogP contribution >= 0.6 is 11.6 Å². The molecular weight excluding hydrogens is 433 g/mol. The Morgan fingerprint density at radius 3 is 2.69 bits per heavy atom.